The molecule has 0 aliphatic heterocycles. The van der Waals surface area contributed by atoms with Crippen molar-refractivity contribution >= 4 is 11.9 Å². The van der Waals surface area contributed by atoms with Crippen LogP contribution >= 0.6 is 0 Å². The normalized spacial score (nSPS) is 32.6. The molecule has 4 fully saturated rings. The predicted molar refractivity (Wildman–Crippen MR) is 95.3 cm³/mol. The van der Waals surface area contributed by atoms with Crippen LogP contribution in [0.3, 0.4) is 0 Å². The third kappa shape index (κ3) is 3.07. The fraction of sp³-hybridized carbons (Fsp3) is 0.619. The minimum absolute atomic E-state index is 0.165. The summed E-state index contributed by atoms with van der Waals surface area (Å²) in [4.78, 5) is 26.1. The number of nitrogens with zero attached hydrogens (tertiary/aromatic N) is 1. The minimum atomic E-state index is -0.919. The number of aromatic carboxylic acids is 1. The van der Waals surface area contributed by atoms with Gasteiger partial charge in [-0.25, -0.2) is 4.79 Å². The van der Waals surface area contributed by atoms with Gasteiger partial charge in [0.25, 0.3) is 0 Å². The van der Waals surface area contributed by atoms with Gasteiger partial charge in [0, 0.05) is 19.5 Å². The molecule has 0 saturated heterocycles. The maximum atomic E-state index is 12.8. The molecule has 0 spiro atoms. The molecule has 0 heterocycles. The molecule has 4 aliphatic carbocycles. The lowest BCUT2D eigenvalue weighted by molar-refractivity contribution is -0.141. The monoisotopic (exact) mass is 341 g/mol. The van der Waals surface area contributed by atoms with Gasteiger partial charge in [0.05, 0.1) is 5.56 Å². The average Bonchev–Trinajstić information content (AvgIpc) is 2.58. The maximum absolute atomic E-state index is 12.8. The van der Waals surface area contributed by atoms with Crippen LogP contribution in [0.25, 0.3) is 0 Å². The number of carbonyl (C=O) groups is 2. The van der Waals surface area contributed by atoms with Gasteiger partial charge < -0.3 is 10.0 Å². The first-order valence-electron chi connectivity index (χ1n) is 9.59. The van der Waals surface area contributed by atoms with Crippen molar-refractivity contribution in [2.75, 3.05) is 7.05 Å². The molecule has 0 atom stereocenters. The Balaban J connectivity index is 1.41. The van der Waals surface area contributed by atoms with E-state index in [1.807, 2.05) is 24.1 Å². The number of aryl methyl sites for hydroxylation is 1. The molecule has 134 valence electrons. The van der Waals surface area contributed by atoms with E-state index >= 15 is 0 Å². The molecule has 0 aromatic heterocycles. The van der Waals surface area contributed by atoms with Crippen molar-refractivity contribution in [3.63, 3.8) is 0 Å². The fourth-order valence-electron chi connectivity index (χ4n) is 6.06. The van der Waals surface area contributed by atoms with Crippen molar-refractivity contribution < 1.29 is 14.7 Å². The first-order valence-corrected chi connectivity index (χ1v) is 9.59. The summed E-state index contributed by atoms with van der Waals surface area (Å²) in [5, 5.41) is 9.29. The highest BCUT2D eigenvalue weighted by Crippen LogP contribution is 2.55. The van der Waals surface area contributed by atoms with Crippen molar-refractivity contribution in [2.45, 2.75) is 51.0 Å². The maximum Gasteiger partial charge on any atom is 0.335 e. The van der Waals surface area contributed by atoms with E-state index in [9.17, 15) is 14.7 Å². The second kappa shape index (κ2) is 6.47. The summed E-state index contributed by atoms with van der Waals surface area (Å²) in [6.07, 6.45) is 7.52. The highest BCUT2D eigenvalue weighted by molar-refractivity contribution is 5.89. The molecule has 4 nitrogen and oxygen atoms in total. The number of hydrogen-bond donors (Lipinski definition) is 1. The van der Waals surface area contributed by atoms with Crippen LogP contribution in [0.4, 0.5) is 0 Å². The molecule has 1 aromatic carbocycles. The Labute approximate surface area is 149 Å². The van der Waals surface area contributed by atoms with Crippen molar-refractivity contribution in [3.05, 3.63) is 35.4 Å². The van der Waals surface area contributed by atoms with Crippen LogP contribution in [0.15, 0.2) is 24.3 Å². The third-order valence-corrected chi connectivity index (χ3v) is 6.87. The van der Waals surface area contributed by atoms with Crippen LogP contribution in [-0.2, 0) is 11.2 Å². The van der Waals surface area contributed by atoms with Gasteiger partial charge >= 0.3 is 5.97 Å². The average molecular weight is 341 g/mol. The Hall–Kier alpha value is -1.84. The van der Waals surface area contributed by atoms with E-state index in [2.05, 4.69) is 0 Å². The molecular formula is C21H27NO3. The summed E-state index contributed by atoms with van der Waals surface area (Å²) in [7, 11) is 1.97. The van der Waals surface area contributed by atoms with Crippen LogP contribution < -0.4 is 0 Å². The third-order valence-electron chi connectivity index (χ3n) is 6.87. The van der Waals surface area contributed by atoms with Gasteiger partial charge in [-0.2, -0.15) is 0 Å². The Bertz CT molecular complexity index is 655. The molecule has 1 N–H and O–H groups in total. The zero-order valence-electron chi connectivity index (χ0n) is 14.9. The number of carbonyl (C=O) groups excluding carboxylic acids is 1. The summed E-state index contributed by atoms with van der Waals surface area (Å²) >= 11 is 0. The van der Waals surface area contributed by atoms with E-state index in [1.54, 1.807) is 12.1 Å². The summed E-state index contributed by atoms with van der Waals surface area (Å²) in [5.41, 5.74) is 1.06. The minimum Gasteiger partial charge on any atom is -0.478 e. The Kier molecular flexibility index (Phi) is 4.30. The van der Waals surface area contributed by atoms with Crippen LogP contribution in [0, 0.1) is 23.7 Å². The summed E-state index contributed by atoms with van der Waals surface area (Å²) < 4.78 is 0. The standard InChI is InChI=1S/C21H27NO3/c1-22(20-16-9-13-8-14(11-16)12-17(20)10-13)19(23)7-6-15-4-2-3-5-18(15)21(24)25/h2-5,13-14,16-17,20H,6-12H2,1H3,(H,24,25). The topological polar surface area (TPSA) is 57.6 Å². The SMILES string of the molecule is CN(C(=O)CCc1ccccc1C(=O)O)C1C2CC3CC(C2)CC1C3. The molecule has 0 unspecified atom stereocenters. The van der Waals surface area contributed by atoms with Gasteiger partial charge in [0.1, 0.15) is 0 Å². The number of carboxylic acid groups (broad SMARTS) is 1. The second-order valence-corrected chi connectivity index (χ2v) is 8.39. The summed E-state index contributed by atoms with van der Waals surface area (Å²) in [6, 6.07) is 7.42. The number of hydrogen-bond acceptors (Lipinski definition) is 2. The van der Waals surface area contributed by atoms with Crippen LogP contribution in [-0.4, -0.2) is 35.0 Å². The van der Waals surface area contributed by atoms with Crippen LogP contribution in [0.5, 0.6) is 0 Å². The second-order valence-electron chi connectivity index (χ2n) is 8.39. The molecule has 4 heteroatoms. The molecule has 1 aromatic rings. The van der Waals surface area contributed by atoms with Crippen molar-refractivity contribution in [1.82, 2.24) is 4.90 Å². The van der Waals surface area contributed by atoms with Gasteiger partial charge in [-0.15, -0.1) is 0 Å². The number of amides is 1. The molecule has 4 saturated carbocycles. The lowest BCUT2D eigenvalue weighted by Crippen LogP contribution is -2.56. The van der Waals surface area contributed by atoms with Gasteiger partial charge in [0.2, 0.25) is 5.91 Å². The fourth-order valence-corrected chi connectivity index (χ4v) is 6.06. The van der Waals surface area contributed by atoms with Gasteiger partial charge in [-0.1, -0.05) is 18.2 Å². The van der Waals surface area contributed by atoms with E-state index < -0.39 is 5.97 Å². The zero-order chi connectivity index (χ0) is 17.6. The zero-order valence-corrected chi connectivity index (χ0v) is 14.9. The number of carboxylic acids is 1. The first kappa shape index (κ1) is 16.6. The van der Waals surface area contributed by atoms with Crippen LogP contribution in [0.1, 0.15) is 54.4 Å². The van der Waals surface area contributed by atoms with Crippen LogP contribution in [0.2, 0.25) is 0 Å². The summed E-state index contributed by atoms with van der Waals surface area (Å²) in [5.74, 6) is 2.44. The lowest BCUT2D eigenvalue weighted by atomic mass is 9.54. The smallest absolute Gasteiger partial charge is 0.335 e. The molecule has 25 heavy (non-hydrogen) atoms. The molecule has 5 rings (SSSR count). The Morgan fingerprint density at radius 1 is 1.04 bits per heavy atom. The highest BCUT2D eigenvalue weighted by atomic mass is 16.4. The molecule has 4 bridgehead atoms. The van der Waals surface area contributed by atoms with Gasteiger partial charge in [0.15, 0.2) is 0 Å². The van der Waals surface area contributed by atoms with Crippen molar-refractivity contribution in [3.8, 4) is 0 Å². The molecule has 1 amide bonds. The van der Waals surface area contributed by atoms with E-state index in [0.717, 1.165) is 17.4 Å². The Morgan fingerprint density at radius 3 is 2.24 bits per heavy atom. The summed E-state index contributed by atoms with van der Waals surface area (Å²) in [6.45, 7) is 0. The number of rotatable bonds is 5. The number of benzene rings is 1. The van der Waals surface area contributed by atoms with E-state index in [-0.39, 0.29) is 5.91 Å². The Morgan fingerprint density at radius 2 is 1.64 bits per heavy atom. The lowest BCUT2D eigenvalue weighted by Gasteiger charge is -2.56. The van der Waals surface area contributed by atoms with E-state index in [4.69, 9.17) is 0 Å². The van der Waals surface area contributed by atoms with E-state index in [1.165, 1.54) is 32.1 Å². The first-order chi connectivity index (χ1) is 12.0. The van der Waals surface area contributed by atoms with Gasteiger partial charge in [-0.3, -0.25) is 4.79 Å². The van der Waals surface area contributed by atoms with Gasteiger partial charge in [-0.05, 0) is 73.8 Å². The van der Waals surface area contributed by atoms with Crippen molar-refractivity contribution in [1.29, 1.82) is 0 Å². The quantitative estimate of drug-likeness (QED) is 0.890. The van der Waals surface area contributed by atoms with Crippen molar-refractivity contribution in [2.24, 2.45) is 23.7 Å². The molecule has 4 aliphatic rings. The molecular weight excluding hydrogens is 314 g/mol. The van der Waals surface area contributed by atoms with E-state index in [0.29, 0.717) is 36.3 Å². The largest absolute Gasteiger partial charge is 0.478 e. The predicted octanol–water partition coefficient (Wildman–Crippen LogP) is 3.60. The highest BCUT2D eigenvalue weighted by Gasteiger charge is 2.50. The molecule has 0 radical (unpaired) electrons.